The summed E-state index contributed by atoms with van der Waals surface area (Å²) in [5.74, 6) is -1.31. The van der Waals surface area contributed by atoms with Crippen LogP contribution >= 0.6 is 0 Å². The summed E-state index contributed by atoms with van der Waals surface area (Å²) in [5.41, 5.74) is 3.41. The third kappa shape index (κ3) is 3.97. The van der Waals surface area contributed by atoms with E-state index in [-0.39, 0.29) is 24.5 Å². The van der Waals surface area contributed by atoms with Crippen molar-refractivity contribution in [2.24, 2.45) is 0 Å². The van der Waals surface area contributed by atoms with Crippen molar-refractivity contribution in [2.75, 3.05) is 6.61 Å². The Morgan fingerprint density at radius 1 is 1.06 bits per heavy atom. The summed E-state index contributed by atoms with van der Waals surface area (Å²) >= 11 is 0. The van der Waals surface area contributed by atoms with Crippen LogP contribution in [0.2, 0.25) is 0 Å². The highest BCUT2D eigenvalue weighted by atomic mass is 16.5. The fourth-order valence-electron chi connectivity index (χ4n) is 6.25. The molecule has 0 unspecified atom stereocenters. The molecule has 0 spiro atoms. The molecular weight excluding hydrogens is 444 g/mol. The van der Waals surface area contributed by atoms with Crippen LogP contribution in [0.3, 0.4) is 0 Å². The van der Waals surface area contributed by atoms with Crippen molar-refractivity contribution >= 4 is 18.0 Å². The second-order valence-electron chi connectivity index (χ2n) is 9.94. The van der Waals surface area contributed by atoms with E-state index in [4.69, 9.17) is 4.74 Å². The van der Waals surface area contributed by atoms with Gasteiger partial charge < -0.3 is 20.1 Å². The molecule has 2 heterocycles. The summed E-state index contributed by atoms with van der Waals surface area (Å²) in [5, 5.41) is 12.7. The van der Waals surface area contributed by atoms with Gasteiger partial charge in [-0.3, -0.25) is 4.79 Å². The third-order valence-electron chi connectivity index (χ3n) is 8.02. The predicted octanol–water partition coefficient (Wildman–Crippen LogP) is 4.69. The number of carbonyl (C=O) groups excluding carboxylic acids is 2. The molecule has 2 aromatic rings. The molecule has 1 aliphatic carbocycles. The molecule has 7 nitrogen and oxygen atoms in total. The fourth-order valence-corrected chi connectivity index (χ4v) is 6.25. The van der Waals surface area contributed by atoms with Crippen molar-refractivity contribution in [1.29, 1.82) is 0 Å². The van der Waals surface area contributed by atoms with Crippen LogP contribution in [0.15, 0.2) is 48.5 Å². The van der Waals surface area contributed by atoms with Gasteiger partial charge in [-0.15, -0.1) is 0 Å². The van der Waals surface area contributed by atoms with Gasteiger partial charge in [0.25, 0.3) is 0 Å². The predicted molar refractivity (Wildman–Crippen MR) is 131 cm³/mol. The SMILES string of the molecule is CCCC[C@H](NC(=O)OCC1c2ccccc2-c2ccccc21)C(=O)N1C2CCC1(C(=O)O)CC2. The van der Waals surface area contributed by atoms with Crippen LogP contribution in [0.25, 0.3) is 11.1 Å². The number of nitrogens with one attached hydrogen (secondary N) is 1. The smallest absolute Gasteiger partial charge is 0.407 e. The van der Waals surface area contributed by atoms with Crippen LogP contribution in [-0.4, -0.2) is 52.2 Å². The van der Waals surface area contributed by atoms with Crippen molar-refractivity contribution in [3.63, 3.8) is 0 Å². The molecule has 0 aromatic heterocycles. The number of carboxylic acid groups (broad SMARTS) is 1. The summed E-state index contributed by atoms with van der Waals surface area (Å²) in [4.78, 5) is 40.1. The van der Waals surface area contributed by atoms with E-state index < -0.39 is 23.6 Å². The maximum absolute atomic E-state index is 13.5. The molecule has 1 atom stereocenters. The highest BCUT2D eigenvalue weighted by Crippen LogP contribution is 2.47. The Kier molecular flexibility index (Phi) is 6.26. The summed E-state index contributed by atoms with van der Waals surface area (Å²) in [7, 11) is 0. The molecule has 7 heteroatoms. The Hall–Kier alpha value is -3.35. The van der Waals surface area contributed by atoms with Gasteiger partial charge in [0, 0.05) is 12.0 Å². The highest BCUT2D eigenvalue weighted by molar-refractivity contribution is 5.93. The van der Waals surface area contributed by atoms with E-state index in [0.29, 0.717) is 32.1 Å². The van der Waals surface area contributed by atoms with Crippen LogP contribution in [-0.2, 0) is 14.3 Å². The standard InChI is InChI=1S/C28H32N2O5/c1-2-3-12-24(25(31)30-18-13-15-28(30,16-14-18)26(32)33)29-27(34)35-17-23-21-10-6-4-8-19(21)20-9-5-7-11-22(20)23/h4-11,18,23-24H,2-3,12-17H2,1H3,(H,29,34)(H,32,33)/t18?,24-,28?/m0/s1. The van der Waals surface area contributed by atoms with Crippen LogP contribution < -0.4 is 5.32 Å². The number of benzene rings is 2. The molecule has 2 aromatic carbocycles. The molecule has 184 valence electrons. The number of aliphatic carboxylic acids is 1. The molecule has 0 saturated carbocycles. The molecule has 2 N–H and O–H groups in total. The maximum Gasteiger partial charge on any atom is 0.407 e. The number of carboxylic acids is 1. The average Bonchev–Trinajstić information content (AvgIpc) is 3.54. The average molecular weight is 477 g/mol. The number of hydrogen-bond acceptors (Lipinski definition) is 4. The number of alkyl carbamates (subject to hydrolysis) is 1. The zero-order chi connectivity index (χ0) is 24.6. The first-order valence-corrected chi connectivity index (χ1v) is 12.6. The monoisotopic (exact) mass is 476 g/mol. The summed E-state index contributed by atoms with van der Waals surface area (Å²) in [6, 6.07) is 15.4. The summed E-state index contributed by atoms with van der Waals surface area (Å²) in [6.45, 7) is 2.19. The van der Waals surface area contributed by atoms with Gasteiger partial charge in [0.05, 0.1) is 0 Å². The minimum Gasteiger partial charge on any atom is -0.479 e. The molecule has 0 radical (unpaired) electrons. The Morgan fingerprint density at radius 3 is 2.23 bits per heavy atom. The lowest BCUT2D eigenvalue weighted by atomic mass is 9.88. The Balaban J connectivity index is 1.29. The number of ether oxygens (including phenoxy) is 1. The first-order chi connectivity index (χ1) is 17.0. The van der Waals surface area contributed by atoms with E-state index in [0.717, 1.165) is 35.1 Å². The highest BCUT2D eigenvalue weighted by Gasteiger charge is 2.59. The first kappa shape index (κ1) is 23.4. The Labute approximate surface area is 205 Å². The van der Waals surface area contributed by atoms with Crippen LogP contribution in [0.4, 0.5) is 4.79 Å². The van der Waals surface area contributed by atoms with Gasteiger partial charge in [-0.1, -0.05) is 68.3 Å². The van der Waals surface area contributed by atoms with Crippen molar-refractivity contribution in [3.05, 3.63) is 59.7 Å². The number of unbranched alkanes of at least 4 members (excludes halogenated alkanes) is 1. The van der Waals surface area contributed by atoms with Crippen molar-refractivity contribution in [1.82, 2.24) is 10.2 Å². The fraction of sp³-hybridized carbons (Fsp3) is 0.464. The lowest BCUT2D eigenvalue weighted by Crippen LogP contribution is -2.57. The third-order valence-corrected chi connectivity index (χ3v) is 8.02. The van der Waals surface area contributed by atoms with Crippen molar-refractivity contribution < 1.29 is 24.2 Å². The van der Waals surface area contributed by atoms with Crippen LogP contribution in [0.5, 0.6) is 0 Å². The van der Waals surface area contributed by atoms with Crippen molar-refractivity contribution in [3.8, 4) is 11.1 Å². The molecule has 3 aliphatic rings. The second-order valence-corrected chi connectivity index (χ2v) is 9.94. The number of nitrogens with zero attached hydrogens (tertiary/aromatic N) is 1. The number of fused-ring (bicyclic) bond motifs is 5. The molecular formula is C28H32N2O5. The zero-order valence-corrected chi connectivity index (χ0v) is 20.0. The number of hydrogen-bond donors (Lipinski definition) is 2. The second kappa shape index (κ2) is 9.36. The van der Waals surface area contributed by atoms with Gasteiger partial charge in [0.15, 0.2) is 0 Å². The molecule has 35 heavy (non-hydrogen) atoms. The molecule has 2 fully saturated rings. The lowest BCUT2D eigenvalue weighted by molar-refractivity contribution is -0.156. The summed E-state index contributed by atoms with van der Waals surface area (Å²) < 4.78 is 5.67. The van der Waals surface area contributed by atoms with Gasteiger partial charge >= 0.3 is 12.1 Å². The van der Waals surface area contributed by atoms with Gasteiger partial charge in [0.1, 0.15) is 18.2 Å². The maximum atomic E-state index is 13.5. The quantitative estimate of drug-likeness (QED) is 0.576. The number of carbonyl (C=O) groups is 3. The number of amides is 2. The minimum atomic E-state index is -1.13. The Bertz CT molecular complexity index is 1090. The van der Waals surface area contributed by atoms with E-state index in [1.54, 1.807) is 4.90 Å². The van der Waals surface area contributed by atoms with Gasteiger partial charge in [-0.2, -0.15) is 0 Å². The molecule has 5 rings (SSSR count). The molecule has 2 aliphatic heterocycles. The van der Waals surface area contributed by atoms with Gasteiger partial charge in [0.2, 0.25) is 5.91 Å². The topological polar surface area (TPSA) is 95.9 Å². The largest absolute Gasteiger partial charge is 0.479 e. The lowest BCUT2D eigenvalue weighted by Gasteiger charge is -2.34. The van der Waals surface area contributed by atoms with Gasteiger partial charge in [-0.05, 0) is 54.4 Å². The summed E-state index contributed by atoms with van der Waals surface area (Å²) in [6.07, 6.45) is 3.78. The van der Waals surface area contributed by atoms with E-state index >= 15 is 0 Å². The number of rotatable bonds is 8. The van der Waals surface area contributed by atoms with Crippen molar-refractivity contribution in [2.45, 2.75) is 75.4 Å². The van der Waals surface area contributed by atoms with E-state index in [1.165, 1.54) is 0 Å². The molecule has 2 saturated heterocycles. The zero-order valence-electron chi connectivity index (χ0n) is 20.0. The minimum absolute atomic E-state index is 0.0629. The van der Waals surface area contributed by atoms with Crippen LogP contribution in [0, 0.1) is 0 Å². The molecule has 2 amide bonds. The van der Waals surface area contributed by atoms with E-state index in [2.05, 4.69) is 29.6 Å². The van der Waals surface area contributed by atoms with E-state index in [1.807, 2.05) is 31.2 Å². The molecule has 2 bridgehead atoms. The van der Waals surface area contributed by atoms with Gasteiger partial charge in [-0.25, -0.2) is 9.59 Å². The first-order valence-electron chi connectivity index (χ1n) is 12.6. The van der Waals surface area contributed by atoms with Crippen LogP contribution in [0.1, 0.15) is 68.9 Å². The normalized spacial score (nSPS) is 23.0. The van der Waals surface area contributed by atoms with E-state index in [9.17, 15) is 19.5 Å². The Morgan fingerprint density at radius 2 is 1.66 bits per heavy atom.